The molecule has 0 saturated carbocycles. The van der Waals surface area contributed by atoms with Crippen molar-refractivity contribution < 1.29 is 54.0 Å². The molecule has 0 fully saturated rings. The van der Waals surface area contributed by atoms with Gasteiger partial charge in [-0.05, 0) is 11.6 Å². The number of amides is 2. The second-order valence-electron chi connectivity index (χ2n) is 5.47. The van der Waals surface area contributed by atoms with E-state index in [1.165, 1.54) is 6.07 Å². The summed E-state index contributed by atoms with van der Waals surface area (Å²) in [5.41, 5.74) is 0.0296. The van der Waals surface area contributed by atoms with Crippen molar-refractivity contribution in [2.45, 2.75) is 12.5 Å². The van der Waals surface area contributed by atoms with Gasteiger partial charge in [0.1, 0.15) is 0 Å². The fraction of sp³-hybridized carbons (Fsp3) is 0.118. The first-order valence-electron chi connectivity index (χ1n) is 7.31. The van der Waals surface area contributed by atoms with E-state index >= 15 is 0 Å². The first kappa shape index (κ1) is 19.8. The number of benzene rings is 2. The van der Waals surface area contributed by atoms with E-state index in [1.54, 1.807) is 30.3 Å². The van der Waals surface area contributed by atoms with Gasteiger partial charge < -0.3 is 9.90 Å². The third-order valence-electron chi connectivity index (χ3n) is 3.97. The summed E-state index contributed by atoms with van der Waals surface area (Å²) < 4.78 is 0. The van der Waals surface area contributed by atoms with Crippen molar-refractivity contribution in [2.24, 2.45) is 0 Å². The van der Waals surface area contributed by atoms with Gasteiger partial charge in [0.2, 0.25) is 0 Å². The Kier molecular flexibility index (Phi) is 5.91. The molecule has 1 aliphatic heterocycles. The smallest absolute Gasteiger partial charge is 0.550 e. The number of nitro groups is 1. The van der Waals surface area contributed by atoms with Crippen molar-refractivity contribution >= 4 is 23.5 Å². The molecule has 1 heterocycles. The van der Waals surface area contributed by atoms with Crippen LogP contribution in [-0.2, 0) is 4.79 Å². The van der Waals surface area contributed by atoms with Gasteiger partial charge in [-0.1, -0.05) is 30.3 Å². The molecular formula is C17H11N2NaO6. The summed E-state index contributed by atoms with van der Waals surface area (Å²) in [4.78, 5) is 47.4. The number of non-ortho nitro benzene ring substituents is 1. The fourth-order valence-electron chi connectivity index (χ4n) is 2.84. The van der Waals surface area contributed by atoms with E-state index < -0.39 is 35.2 Å². The molecule has 0 radical (unpaired) electrons. The van der Waals surface area contributed by atoms with E-state index in [-0.39, 0.29) is 46.4 Å². The largest absolute Gasteiger partial charge is 1.00 e. The van der Waals surface area contributed by atoms with Crippen molar-refractivity contribution in [3.8, 4) is 0 Å². The number of hydrogen-bond acceptors (Lipinski definition) is 6. The Bertz CT molecular complexity index is 899. The molecule has 2 aromatic carbocycles. The maximum absolute atomic E-state index is 12.6. The van der Waals surface area contributed by atoms with Crippen molar-refractivity contribution in [3.05, 3.63) is 75.3 Å². The van der Waals surface area contributed by atoms with Crippen LogP contribution in [0.3, 0.4) is 0 Å². The quantitative estimate of drug-likeness (QED) is 0.265. The molecule has 2 amide bonds. The summed E-state index contributed by atoms with van der Waals surface area (Å²) in [7, 11) is 0. The molecule has 126 valence electrons. The topological polar surface area (TPSA) is 121 Å². The SMILES string of the molecule is O=C([O-])CC(c1ccccc1)N1C(=O)c2ccc([N+](=O)[O-])cc2C1=O.[Na+]. The van der Waals surface area contributed by atoms with Crippen molar-refractivity contribution in [1.29, 1.82) is 0 Å². The summed E-state index contributed by atoms with van der Waals surface area (Å²) in [6, 6.07) is 10.5. The van der Waals surface area contributed by atoms with Crippen LogP contribution in [0.1, 0.15) is 38.7 Å². The van der Waals surface area contributed by atoms with Crippen molar-refractivity contribution in [1.82, 2.24) is 4.90 Å². The summed E-state index contributed by atoms with van der Waals surface area (Å²) in [6.07, 6.45) is -0.572. The zero-order valence-corrected chi connectivity index (χ0v) is 15.7. The predicted molar refractivity (Wildman–Crippen MR) is 82.4 cm³/mol. The molecule has 1 aliphatic rings. The van der Waals surface area contributed by atoms with E-state index in [1.807, 2.05) is 0 Å². The number of carboxylic acids is 1. The van der Waals surface area contributed by atoms with Gasteiger partial charge in [-0.15, -0.1) is 0 Å². The number of rotatable bonds is 5. The van der Waals surface area contributed by atoms with Crippen LogP contribution in [0.15, 0.2) is 48.5 Å². The summed E-state index contributed by atoms with van der Waals surface area (Å²) >= 11 is 0. The van der Waals surface area contributed by atoms with Crippen LogP contribution in [0.4, 0.5) is 5.69 Å². The van der Waals surface area contributed by atoms with E-state index in [2.05, 4.69) is 0 Å². The summed E-state index contributed by atoms with van der Waals surface area (Å²) in [5.74, 6) is -2.87. The molecule has 2 aromatic rings. The van der Waals surface area contributed by atoms with Crippen molar-refractivity contribution in [3.63, 3.8) is 0 Å². The third-order valence-corrected chi connectivity index (χ3v) is 3.97. The van der Waals surface area contributed by atoms with E-state index in [4.69, 9.17) is 0 Å². The number of nitro benzene ring substituents is 1. The number of carbonyl (C=O) groups is 3. The molecule has 3 rings (SSSR count). The first-order chi connectivity index (χ1) is 11.9. The number of nitrogens with zero attached hydrogens (tertiary/aromatic N) is 2. The number of hydrogen-bond donors (Lipinski definition) is 0. The average Bonchev–Trinajstić information content (AvgIpc) is 2.84. The van der Waals surface area contributed by atoms with Crippen molar-refractivity contribution in [2.75, 3.05) is 0 Å². The third kappa shape index (κ3) is 3.52. The molecule has 0 saturated heterocycles. The van der Waals surface area contributed by atoms with Crippen LogP contribution in [-0.4, -0.2) is 27.6 Å². The van der Waals surface area contributed by atoms with Gasteiger partial charge in [-0.2, -0.15) is 0 Å². The Balaban J connectivity index is 0.00000243. The minimum absolute atomic E-state index is 0. The summed E-state index contributed by atoms with van der Waals surface area (Å²) in [5, 5.41) is 22.0. The second-order valence-corrected chi connectivity index (χ2v) is 5.47. The zero-order valence-electron chi connectivity index (χ0n) is 13.7. The number of imide groups is 1. The van der Waals surface area contributed by atoms with Crippen LogP contribution in [0.25, 0.3) is 0 Å². The maximum atomic E-state index is 12.6. The minimum atomic E-state index is -1.42. The second kappa shape index (κ2) is 7.77. The number of carbonyl (C=O) groups excluding carboxylic acids is 3. The van der Waals surface area contributed by atoms with Gasteiger partial charge in [-0.25, -0.2) is 0 Å². The Morgan fingerprint density at radius 1 is 1.04 bits per heavy atom. The van der Waals surface area contributed by atoms with Crippen LogP contribution >= 0.6 is 0 Å². The first-order valence-corrected chi connectivity index (χ1v) is 7.31. The normalized spacial score (nSPS) is 13.8. The van der Waals surface area contributed by atoms with Crippen LogP contribution in [0.2, 0.25) is 0 Å². The monoisotopic (exact) mass is 362 g/mol. The molecule has 0 bridgehead atoms. The zero-order chi connectivity index (χ0) is 18.1. The molecule has 1 atom stereocenters. The Morgan fingerprint density at radius 3 is 2.23 bits per heavy atom. The standard InChI is InChI=1S/C17H12N2O6.Na/c20-15(21)9-14(10-4-2-1-3-5-10)18-16(22)12-7-6-11(19(24)25)8-13(12)17(18)23;/h1-8,14H,9H2,(H,20,21);/q;+1/p-1. The maximum Gasteiger partial charge on any atom is 1.00 e. The van der Waals surface area contributed by atoms with Crippen LogP contribution in [0, 0.1) is 10.1 Å². The van der Waals surface area contributed by atoms with E-state index in [9.17, 15) is 29.6 Å². The summed E-state index contributed by atoms with van der Waals surface area (Å²) in [6.45, 7) is 0. The van der Waals surface area contributed by atoms with Gasteiger partial charge in [0, 0.05) is 24.5 Å². The molecule has 1 unspecified atom stereocenters. The van der Waals surface area contributed by atoms with Gasteiger partial charge in [-0.3, -0.25) is 24.6 Å². The molecular weight excluding hydrogens is 351 g/mol. The molecule has 9 heteroatoms. The number of fused-ring (bicyclic) bond motifs is 1. The van der Waals surface area contributed by atoms with Gasteiger partial charge in [0.15, 0.2) is 0 Å². The molecule has 26 heavy (non-hydrogen) atoms. The Morgan fingerprint density at radius 2 is 1.65 bits per heavy atom. The van der Waals surface area contributed by atoms with Gasteiger partial charge in [0.25, 0.3) is 17.5 Å². The Labute approximate surface area is 169 Å². The molecule has 0 aromatic heterocycles. The average molecular weight is 362 g/mol. The molecule has 0 aliphatic carbocycles. The fourth-order valence-corrected chi connectivity index (χ4v) is 2.84. The van der Waals surface area contributed by atoms with Gasteiger partial charge in [0.05, 0.1) is 22.1 Å². The number of carboxylic acid groups (broad SMARTS) is 1. The predicted octanol–water partition coefficient (Wildman–Crippen LogP) is -1.92. The molecule has 8 nitrogen and oxygen atoms in total. The van der Waals surface area contributed by atoms with E-state index in [0.717, 1.165) is 17.0 Å². The number of aliphatic carboxylic acids is 1. The minimum Gasteiger partial charge on any atom is -0.550 e. The van der Waals surface area contributed by atoms with Gasteiger partial charge >= 0.3 is 29.6 Å². The van der Waals surface area contributed by atoms with Crippen LogP contribution < -0.4 is 34.7 Å². The van der Waals surface area contributed by atoms with Crippen LogP contribution in [0.5, 0.6) is 0 Å². The van der Waals surface area contributed by atoms with E-state index in [0.29, 0.717) is 5.56 Å². The molecule has 0 spiro atoms. The Hall–Kier alpha value is -2.55. The molecule has 0 N–H and O–H groups in total.